The largest absolute Gasteiger partial charge is 0.480 e. The Labute approximate surface area is 136 Å². The van der Waals surface area contributed by atoms with Crippen LogP contribution in [-0.4, -0.2) is 21.6 Å². The Bertz CT molecular complexity index is 673. The number of pyridine rings is 1. The highest BCUT2D eigenvalue weighted by Gasteiger charge is 2.44. The maximum absolute atomic E-state index is 11.7. The molecule has 0 aliphatic heterocycles. The van der Waals surface area contributed by atoms with Crippen molar-refractivity contribution in [1.29, 1.82) is 0 Å². The number of hydrogen-bond donors (Lipinski definition) is 2. The molecule has 2 aromatic rings. The quantitative estimate of drug-likeness (QED) is 0.853. The van der Waals surface area contributed by atoms with Gasteiger partial charge in [-0.25, -0.2) is 4.98 Å². The molecule has 122 valence electrons. The Morgan fingerprint density at radius 3 is 2.35 bits per heavy atom. The van der Waals surface area contributed by atoms with Gasteiger partial charge in [0.05, 0.1) is 0 Å². The summed E-state index contributed by atoms with van der Waals surface area (Å²) in [5, 5.41) is 9.56. The second-order valence-corrected chi connectivity index (χ2v) is 5.93. The summed E-state index contributed by atoms with van der Waals surface area (Å²) >= 11 is 0. The minimum atomic E-state index is -1.39. The molecule has 0 fully saturated rings. The predicted molar refractivity (Wildman–Crippen MR) is 88.6 cm³/mol. The smallest absolute Gasteiger partial charge is 0.324 e. The van der Waals surface area contributed by atoms with Crippen molar-refractivity contribution in [1.82, 2.24) is 4.98 Å². The summed E-state index contributed by atoms with van der Waals surface area (Å²) in [5.41, 5.74) is 5.39. The van der Waals surface area contributed by atoms with Crippen molar-refractivity contribution in [2.24, 2.45) is 11.7 Å². The molecule has 0 aliphatic carbocycles. The van der Waals surface area contributed by atoms with Crippen molar-refractivity contribution in [2.75, 3.05) is 0 Å². The summed E-state index contributed by atoms with van der Waals surface area (Å²) in [4.78, 5) is 16.1. The van der Waals surface area contributed by atoms with Gasteiger partial charge in [0.15, 0.2) is 0 Å². The molecule has 2 unspecified atom stereocenters. The lowest BCUT2D eigenvalue weighted by atomic mass is 9.75. The van der Waals surface area contributed by atoms with Crippen molar-refractivity contribution in [2.45, 2.75) is 32.2 Å². The fraction of sp³-hybridized carbons (Fsp3) is 0.333. The summed E-state index contributed by atoms with van der Waals surface area (Å²) in [6, 6.07) is 14.6. The number of benzene rings is 1. The highest BCUT2D eigenvalue weighted by molar-refractivity contribution is 5.80. The van der Waals surface area contributed by atoms with Gasteiger partial charge in [-0.3, -0.25) is 4.79 Å². The first-order chi connectivity index (χ1) is 10.9. The van der Waals surface area contributed by atoms with Crippen LogP contribution in [0.4, 0.5) is 0 Å². The van der Waals surface area contributed by atoms with Gasteiger partial charge in [-0.15, -0.1) is 0 Å². The monoisotopic (exact) mass is 314 g/mol. The molecule has 5 heteroatoms. The second-order valence-electron chi connectivity index (χ2n) is 5.93. The van der Waals surface area contributed by atoms with E-state index in [4.69, 9.17) is 10.5 Å². The predicted octanol–water partition coefficient (Wildman–Crippen LogP) is 3.42. The summed E-state index contributed by atoms with van der Waals surface area (Å²) in [6.07, 6.45) is 0. The van der Waals surface area contributed by atoms with Gasteiger partial charge in [0.1, 0.15) is 11.3 Å². The number of rotatable bonds is 6. The zero-order chi connectivity index (χ0) is 17.0. The average Bonchev–Trinajstić information content (AvgIpc) is 2.54. The minimum Gasteiger partial charge on any atom is -0.480 e. The highest BCUT2D eigenvalue weighted by Crippen LogP contribution is 2.32. The van der Waals surface area contributed by atoms with Crippen LogP contribution in [0.25, 0.3) is 0 Å². The fourth-order valence-corrected chi connectivity index (χ4v) is 2.51. The molecular formula is C18H22N2O3. The van der Waals surface area contributed by atoms with Gasteiger partial charge < -0.3 is 15.6 Å². The molecule has 0 amide bonds. The second kappa shape index (κ2) is 6.79. The average molecular weight is 314 g/mol. The van der Waals surface area contributed by atoms with Gasteiger partial charge in [-0.05, 0) is 24.1 Å². The zero-order valence-electron chi connectivity index (χ0n) is 13.6. The molecule has 2 atom stereocenters. The summed E-state index contributed by atoms with van der Waals surface area (Å²) < 4.78 is 5.70. The Balaban J connectivity index is 2.30. The van der Waals surface area contributed by atoms with E-state index in [9.17, 15) is 9.90 Å². The normalized spacial score (nSPS) is 15.0. The molecule has 1 heterocycles. The number of carbonyl (C=O) groups is 1. The van der Waals surface area contributed by atoms with Crippen molar-refractivity contribution >= 4 is 5.97 Å². The molecule has 1 aromatic carbocycles. The number of aromatic nitrogens is 1. The number of ether oxygens (including phenoxy) is 1. The van der Waals surface area contributed by atoms with Crippen LogP contribution in [0.15, 0.2) is 48.5 Å². The molecular weight excluding hydrogens is 292 g/mol. The van der Waals surface area contributed by atoms with E-state index in [0.717, 1.165) is 0 Å². The Kier molecular flexibility index (Phi) is 5.01. The molecule has 0 radical (unpaired) electrons. The number of para-hydroxylation sites is 1. The molecule has 1 aromatic heterocycles. The standard InChI is InChI=1S/C18H22N2O3/c1-12(2)18(19,17(21)22)13(3)15-10-7-11-16(20-15)23-14-8-5-4-6-9-14/h4-13H,19H2,1-3H3,(H,21,22). The van der Waals surface area contributed by atoms with Crippen molar-refractivity contribution in [3.8, 4) is 11.6 Å². The van der Waals surface area contributed by atoms with E-state index in [-0.39, 0.29) is 5.92 Å². The lowest BCUT2D eigenvalue weighted by Gasteiger charge is -2.34. The fourth-order valence-electron chi connectivity index (χ4n) is 2.51. The molecule has 5 nitrogen and oxygen atoms in total. The molecule has 0 spiro atoms. The lowest BCUT2D eigenvalue weighted by Crippen LogP contribution is -2.56. The van der Waals surface area contributed by atoms with Crippen LogP contribution >= 0.6 is 0 Å². The van der Waals surface area contributed by atoms with E-state index in [1.165, 1.54) is 0 Å². The van der Waals surface area contributed by atoms with Crippen molar-refractivity contribution < 1.29 is 14.6 Å². The zero-order valence-corrected chi connectivity index (χ0v) is 13.6. The van der Waals surface area contributed by atoms with Crippen LogP contribution in [0.3, 0.4) is 0 Å². The van der Waals surface area contributed by atoms with E-state index < -0.39 is 17.4 Å². The van der Waals surface area contributed by atoms with Gasteiger partial charge >= 0.3 is 5.97 Å². The number of carboxylic acid groups (broad SMARTS) is 1. The van der Waals surface area contributed by atoms with Crippen molar-refractivity contribution in [3.63, 3.8) is 0 Å². The van der Waals surface area contributed by atoms with Crippen molar-refractivity contribution in [3.05, 3.63) is 54.2 Å². The van der Waals surface area contributed by atoms with E-state index in [2.05, 4.69) is 4.98 Å². The lowest BCUT2D eigenvalue weighted by molar-refractivity contribution is -0.146. The SMILES string of the molecule is CC(C)C(N)(C(=O)O)C(C)c1cccc(Oc2ccccc2)n1. The molecule has 2 rings (SSSR count). The van der Waals surface area contributed by atoms with Gasteiger partial charge in [0.25, 0.3) is 0 Å². The van der Waals surface area contributed by atoms with Gasteiger partial charge in [0.2, 0.25) is 5.88 Å². The third-order valence-electron chi connectivity index (χ3n) is 4.20. The summed E-state index contributed by atoms with van der Waals surface area (Å²) in [7, 11) is 0. The molecule has 0 saturated heterocycles. The topological polar surface area (TPSA) is 85.4 Å². The van der Waals surface area contributed by atoms with Crippen LogP contribution in [0, 0.1) is 5.92 Å². The van der Waals surface area contributed by atoms with Crippen LogP contribution in [0.2, 0.25) is 0 Å². The molecule has 0 bridgehead atoms. The molecule has 3 N–H and O–H groups in total. The van der Waals surface area contributed by atoms with E-state index >= 15 is 0 Å². The first kappa shape index (κ1) is 17.0. The first-order valence-corrected chi connectivity index (χ1v) is 7.57. The first-order valence-electron chi connectivity index (χ1n) is 7.57. The number of nitrogens with two attached hydrogens (primary N) is 1. The minimum absolute atomic E-state index is 0.240. The summed E-state index contributed by atoms with van der Waals surface area (Å²) in [6.45, 7) is 5.38. The Morgan fingerprint density at radius 1 is 1.13 bits per heavy atom. The maximum atomic E-state index is 11.7. The van der Waals surface area contributed by atoms with Gasteiger partial charge in [-0.2, -0.15) is 0 Å². The van der Waals surface area contributed by atoms with Gasteiger partial charge in [-0.1, -0.05) is 45.0 Å². The van der Waals surface area contributed by atoms with Crippen LogP contribution in [-0.2, 0) is 4.79 Å². The van der Waals surface area contributed by atoms with E-state index in [0.29, 0.717) is 17.3 Å². The maximum Gasteiger partial charge on any atom is 0.324 e. The van der Waals surface area contributed by atoms with E-state index in [1.54, 1.807) is 39.0 Å². The number of aliphatic carboxylic acids is 1. The molecule has 0 saturated carbocycles. The third-order valence-corrected chi connectivity index (χ3v) is 4.20. The molecule has 0 aliphatic rings. The summed E-state index contributed by atoms with van der Waals surface area (Å²) in [5.74, 6) is -0.644. The van der Waals surface area contributed by atoms with Crippen LogP contribution in [0.5, 0.6) is 11.6 Å². The Morgan fingerprint density at radius 2 is 1.78 bits per heavy atom. The number of nitrogens with zero attached hydrogens (tertiary/aromatic N) is 1. The van der Waals surface area contributed by atoms with Crippen LogP contribution < -0.4 is 10.5 Å². The van der Waals surface area contributed by atoms with E-state index in [1.807, 2.05) is 30.3 Å². The number of hydrogen-bond acceptors (Lipinski definition) is 4. The Hall–Kier alpha value is -2.40. The van der Waals surface area contributed by atoms with Crippen LogP contribution in [0.1, 0.15) is 32.4 Å². The molecule has 23 heavy (non-hydrogen) atoms. The number of carboxylic acids is 1. The third kappa shape index (κ3) is 3.51. The highest BCUT2D eigenvalue weighted by atomic mass is 16.5. The van der Waals surface area contributed by atoms with Gasteiger partial charge in [0, 0.05) is 17.7 Å².